The predicted octanol–water partition coefficient (Wildman–Crippen LogP) is 2.86. The standard InChI is InChI=1S/C15H14N2O.CH3NO2.CH4.O3S/c1-12(18)14-9-5-6-10-15(14)17-16-11-13-7-3-2-4-8-13;1-2(3)4;;1-4(2)3/h2-11,17H,1H3;1H3;1H4;/b16-11-;;;. The minimum Gasteiger partial charge on any atom is -0.294 e. The molecule has 2 rings (SSSR count). The monoisotopic (exact) mass is 395 g/mol. The van der Waals surface area contributed by atoms with E-state index in [1.807, 2.05) is 48.5 Å². The number of anilines is 1. The number of nitrogens with one attached hydrogen (secondary N) is 1. The number of hydrazone groups is 1. The number of ketones is 1. The smallest absolute Gasteiger partial charge is 0.294 e. The van der Waals surface area contributed by atoms with Gasteiger partial charge in [0.25, 0.3) is 0 Å². The Bertz CT molecular complexity index is 841. The Hall–Kier alpha value is -3.40. The summed E-state index contributed by atoms with van der Waals surface area (Å²) in [6.45, 7) is 1.54. The Kier molecular flexibility index (Phi) is 14.3. The third-order valence-corrected chi connectivity index (χ3v) is 2.50. The van der Waals surface area contributed by atoms with Crippen molar-refractivity contribution in [3.63, 3.8) is 0 Å². The maximum absolute atomic E-state index is 11.4. The molecule has 0 aliphatic carbocycles. The van der Waals surface area contributed by atoms with Gasteiger partial charge in [-0.25, -0.2) is 0 Å². The average Bonchev–Trinajstić information content (AvgIpc) is 2.55. The van der Waals surface area contributed by atoms with E-state index in [2.05, 4.69) is 10.5 Å². The summed E-state index contributed by atoms with van der Waals surface area (Å²) in [6, 6.07) is 17.1. The van der Waals surface area contributed by atoms with E-state index in [1.54, 1.807) is 19.2 Å². The topological polar surface area (TPSA) is 136 Å². The van der Waals surface area contributed by atoms with Crippen LogP contribution < -0.4 is 5.43 Å². The lowest BCUT2D eigenvalue weighted by molar-refractivity contribution is -0.445. The van der Waals surface area contributed by atoms with Crippen molar-refractivity contribution in [1.29, 1.82) is 0 Å². The number of carbonyl (C=O) groups is 1. The lowest BCUT2D eigenvalue weighted by Gasteiger charge is -2.04. The molecule has 2 aromatic rings. The molecule has 0 radical (unpaired) electrons. The number of hydrogen-bond acceptors (Lipinski definition) is 8. The molecular weight excluding hydrogens is 374 g/mol. The summed E-state index contributed by atoms with van der Waals surface area (Å²) in [5.41, 5.74) is 5.26. The molecule has 146 valence electrons. The van der Waals surface area contributed by atoms with Crippen molar-refractivity contribution in [2.45, 2.75) is 14.4 Å². The van der Waals surface area contributed by atoms with Crippen molar-refractivity contribution < 1.29 is 22.3 Å². The van der Waals surface area contributed by atoms with Crippen LogP contribution in [0.1, 0.15) is 30.3 Å². The zero-order valence-electron chi connectivity index (χ0n) is 14.0. The second kappa shape index (κ2) is 14.9. The second-order valence-corrected chi connectivity index (χ2v) is 4.93. The molecule has 0 spiro atoms. The van der Waals surface area contributed by atoms with Gasteiger partial charge in [-0.15, -0.1) is 12.6 Å². The Balaban J connectivity index is 0. The number of para-hydroxylation sites is 1. The number of carbonyl (C=O) groups excluding carboxylic acids is 1. The Morgan fingerprint density at radius 2 is 1.52 bits per heavy atom. The van der Waals surface area contributed by atoms with Crippen molar-refractivity contribution >= 4 is 28.3 Å². The molecule has 0 saturated heterocycles. The van der Waals surface area contributed by atoms with Gasteiger partial charge < -0.3 is 0 Å². The summed E-state index contributed by atoms with van der Waals surface area (Å²) < 4.78 is 25.3. The number of nitro groups is 1. The highest BCUT2D eigenvalue weighted by Crippen LogP contribution is 2.15. The minimum atomic E-state index is -3.11. The van der Waals surface area contributed by atoms with Gasteiger partial charge in [-0.1, -0.05) is 49.9 Å². The zero-order chi connectivity index (χ0) is 19.9. The van der Waals surface area contributed by atoms with Crippen LogP contribution in [0.4, 0.5) is 5.69 Å². The third kappa shape index (κ3) is 14.6. The fraction of sp³-hybridized carbons (Fsp3) is 0.176. The molecule has 27 heavy (non-hydrogen) atoms. The molecule has 0 unspecified atom stereocenters. The molecular formula is C17H21N3O6S. The van der Waals surface area contributed by atoms with Crippen LogP contribution in [0.25, 0.3) is 0 Å². The van der Waals surface area contributed by atoms with Crippen molar-refractivity contribution in [3.8, 4) is 0 Å². The second-order valence-electron chi connectivity index (χ2n) is 4.53. The highest BCUT2D eigenvalue weighted by atomic mass is 32.2. The van der Waals surface area contributed by atoms with Gasteiger partial charge in [-0.2, -0.15) is 5.10 Å². The first kappa shape index (κ1) is 25.8. The zero-order valence-corrected chi connectivity index (χ0v) is 14.8. The van der Waals surface area contributed by atoms with Crippen LogP contribution in [0, 0.1) is 10.1 Å². The summed E-state index contributed by atoms with van der Waals surface area (Å²) in [4.78, 5) is 19.7. The lowest BCUT2D eigenvalue weighted by Crippen LogP contribution is -1.99. The Labute approximate surface area is 159 Å². The van der Waals surface area contributed by atoms with Gasteiger partial charge in [0.05, 0.1) is 11.9 Å². The van der Waals surface area contributed by atoms with E-state index in [-0.39, 0.29) is 13.2 Å². The minimum absolute atomic E-state index is 0. The summed E-state index contributed by atoms with van der Waals surface area (Å²) in [5, 5.41) is 12.9. The number of rotatable bonds is 4. The molecule has 1 N–H and O–H groups in total. The molecule has 0 aliphatic heterocycles. The van der Waals surface area contributed by atoms with Gasteiger partial charge in [0, 0.05) is 10.5 Å². The van der Waals surface area contributed by atoms with Crippen molar-refractivity contribution in [3.05, 3.63) is 75.8 Å². The van der Waals surface area contributed by atoms with Crippen molar-refractivity contribution in [1.82, 2.24) is 0 Å². The molecule has 10 heteroatoms. The maximum atomic E-state index is 11.4. The van der Waals surface area contributed by atoms with Crippen LogP contribution in [0.3, 0.4) is 0 Å². The highest BCUT2D eigenvalue weighted by molar-refractivity contribution is 7.59. The first-order chi connectivity index (χ1) is 12.2. The molecule has 2 aromatic carbocycles. The first-order valence-corrected chi connectivity index (χ1v) is 8.03. The maximum Gasteiger partial charge on any atom is 0.425 e. The number of Topliss-reactive ketones (excluding diaryl/α,β-unsaturated/α-hetero) is 1. The number of nitrogens with zero attached hydrogens (tertiary/aromatic N) is 2. The van der Waals surface area contributed by atoms with Gasteiger partial charge in [0.15, 0.2) is 12.8 Å². The van der Waals surface area contributed by atoms with Crippen LogP contribution in [-0.4, -0.2) is 36.6 Å². The highest BCUT2D eigenvalue weighted by Gasteiger charge is 2.04. The Morgan fingerprint density at radius 3 is 2.00 bits per heavy atom. The van der Waals surface area contributed by atoms with Crippen LogP contribution in [0.2, 0.25) is 0 Å². The van der Waals surface area contributed by atoms with Gasteiger partial charge >= 0.3 is 10.6 Å². The first-order valence-electron chi connectivity index (χ1n) is 7.03. The van der Waals surface area contributed by atoms with E-state index >= 15 is 0 Å². The fourth-order valence-electron chi connectivity index (χ4n) is 1.60. The quantitative estimate of drug-likeness (QED) is 0.364. The molecule has 0 bridgehead atoms. The average molecular weight is 395 g/mol. The van der Waals surface area contributed by atoms with Crippen molar-refractivity contribution in [2.24, 2.45) is 5.10 Å². The van der Waals surface area contributed by atoms with E-state index < -0.39 is 15.5 Å². The van der Waals surface area contributed by atoms with E-state index in [0.29, 0.717) is 5.56 Å². The summed E-state index contributed by atoms with van der Waals surface area (Å²) in [5.74, 6) is 0.0213. The molecule has 0 amide bonds. The number of hydrogen-bond donors (Lipinski definition) is 1. The van der Waals surface area contributed by atoms with Crippen LogP contribution in [-0.2, 0) is 10.6 Å². The van der Waals surface area contributed by atoms with E-state index in [1.165, 1.54) is 0 Å². The predicted molar refractivity (Wildman–Crippen MR) is 103 cm³/mol. The molecule has 0 aliphatic rings. The van der Waals surface area contributed by atoms with Crippen LogP contribution in [0.15, 0.2) is 59.7 Å². The molecule has 0 heterocycles. The summed E-state index contributed by atoms with van der Waals surface area (Å²) in [7, 11) is -2.22. The molecule has 9 nitrogen and oxygen atoms in total. The van der Waals surface area contributed by atoms with Gasteiger partial charge in [0.2, 0.25) is 0 Å². The Morgan fingerprint density at radius 1 is 1.07 bits per heavy atom. The SMILES string of the molecule is C.CC(=O)c1ccccc1N/N=C\c1ccccc1.C[N+](=O)[O-].O=S(=O)=O. The van der Waals surface area contributed by atoms with Crippen LogP contribution in [0.5, 0.6) is 0 Å². The van der Waals surface area contributed by atoms with Gasteiger partial charge in [-0.05, 0) is 24.6 Å². The lowest BCUT2D eigenvalue weighted by atomic mass is 10.1. The molecule has 0 saturated carbocycles. The number of benzene rings is 2. The van der Waals surface area contributed by atoms with E-state index in [9.17, 15) is 4.79 Å². The summed E-state index contributed by atoms with van der Waals surface area (Å²) in [6.07, 6.45) is 1.72. The van der Waals surface area contributed by atoms with E-state index in [0.717, 1.165) is 18.3 Å². The largest absolute Gasteiger partial charge is 0.425 e. The molecule has 0 aromatic heterocycles. The van der Waals surface area contributed by atoms with Gasteiger partial charge in [0.1, 0.15) is 0 Å². The fourth-order valence-corrected chi connectivity index (χ4v) is 1.60. The van der Waals surface area contributed by atoms with Gasteiger partial charge in [-0.3, -0.25) is 20.3 Å². The van der Waals surface area contributed by atoms with Crippen molar-refractivity contribution in [2.75, 3.05) is 12.5 Å². The van der Waals surface area contributed by atoms with E-state index in [4.69, 9.17) is 22.7 Å². The van der Waals surface area contributed by atoms with Crippen LogP contribution >= 0.6 is 0 Å². The normalized spacial score (nSPS) is 8.81. The molecule has 0 fully saturated rings. The molecule has 0 atom stereocenters. The third-order valence-electron chi connectivity index (χ3n) is 2.50. The summed E-state index contributed by atoms with van der Waals surface area (Å²) >= 11 is 0.